The SMILES string of the molecule is COCCC(=O)Nc1cc(C(F)(F)F)ccc1Nc1cc(Cl)ccc1OC. The first-order valence-electron chi connectivity index (χ1n) is 7.85. The van der Waals surface area contributed by atoms with E-state index in [1.807, 2.05) is 0 Å². The number of ether oxygens (including phenoxy) is 2. The molecule has 0 fully saturated rings. The summed E-state index contributed by atoms with van der Waals surface area (Å²) in [6.07, 6.45) is -4.54. The molecule has 0 aromatic heterocycles. The minimum atomic E-state index is -4.54. The molecule has 146 valence electrons. The second-order valence-electron chi connectivity index (χ2n) is 5.52. The van der Waals surface area contributed by atoms with Gasteiger partial charge in [0, 0.05) is 12.1 Å². The highest BCUT2D eigenvalue weighted by atomic mass is 35.5. The van der Waals surface area contributed by atoms with Crippen molar-refractivity contribution < 1.29 is 27.4 Å². The molecule has 2 aromatic carbocycles. The lowest BCUT2D eigenvalue weighted by molar-refractivity contribution is -0.137. The number of alkyl halides is 3. The van der Waals surface area contributed by atoms with Gasteiger partial charge in [-0.05, 0) is 36.4 Å². The smallest absolute Gasteiger partial charge is 0.416 e. The molecule has 27 heavy (non-hydrogen) atoms. The van der Waals surface area contributed by atoms with Gasteiger partial charge in [0.15, 0.2) is 0 Å². The number of amides is 1. The van der Waals surface area contributed by atoms with Crippen molar-refractivity contribution in [3.63, 3.8) is 0 Å². The van der Waals surface area contributed by atoms with Crippen LogP contribution in [0.15, 0.2) is 36.4 Å². The van der Waals surface area contributed by atoms with Gasteiger partial charge in [-0.2, -0.15) is 13.2 Å². The Bertz CT molecular complexity index is 813. The Morgan fingerprint density at radius 2 is 1.81 bits per heavy atom. The highest BCUT2D eigenvalue weighted by molar-refractivity contribution is 6.31. The zero-order chi connectivity index (χ0) is 20.0. The number of carbonyl (C=O) groups is 1. The van der Waals surface area contributed by atoms with Crippen molar-refractivity contribution in [2.45, 2.75) is 12.6 Å². The molecule has 2 rings (SSSR count). The van der Waals surface area contributed by atoms with E-state index in [1.165, 1.54) is 20.3 Å². The van der Waals surface area contributed by atoms with Crippen LogP contribution in [-0.2, 0) is 15.7 Å². The summed E-state index contributed by atoms with van der Waals surface area (Å²) in [5, 5.41) is 5.84. The second-order valence-corrected chi connectivity index (χ2v) is 5.96. The molecule has 0 radical (unpaired) electrons. The minimum Gasteiger partial charge on any atom is -0.495 e. The Hall–Kier alpha value is -2.45. The molecule has 9 heteroatoms. The van der Waals surface area contributed by atoms with Gasteiger partial charge in [-0.15, -0.1) is 0 Å². The lowest BCUT2D eigenvalue weighted by atomic mass is 10.1. The van der Waals surface area contributed by atoms with Gasteiger partial charge in [0.05, 0.1) is 42.8 Å². The largest absolute Gasteiger partial charge is 0.495 e. The van der Waals surface area contributed by atoms with Crippen molar-refractivity contribution in [2.24, 2.45) is 0 Å². The van der Waals surface area contributed by atoms with E-state index in [2.05, 4.69) is 10.6 Å². The van der Waals surface area contributed by atoms with Crippen molar-refractivity contribution >= 4 is 34.6 Å². The van der Waals surface area contributed by atoms with Crippen molar-refractivity contribution in [3.8, 4) is 5.75 Å². The molecule has 0 aliphatic rings. The number of nitrogens with one attached hydrogen (secondary N) is 2. The predicted molar refractivity (Wildman–Crippen MR) is 97.9 cm³/mol. The number of hydrogen-bond acceptors (Lipinski definition) is 4. The molecule has 2 aromatic rings. The van der Waals surface area contributed by atoms with Crippen LogP contribution >= 0.6 is 11.6 Å². The monoisotopic (exact) mass is 402 g/mol. The van der Waals surface area contributed by atoms with Gasteiger partial charge >= 0.3 is 6.18 Å². The maximum atomic E-state index is 13.0. The van der Waals surface area contributed by atoms with Crippen molar-refractivity contribution in [1.82, 2.24) is 0 Å². The molecule has 0 saturated carbocycles. The van der Waals surface area contributed by atoms with Crippen LogP contribution in [0.4, 0.5) is 30.2 Å². The van der Waals surface area contributed by atoms with Crippen LogP contribution in [0, 0.1) is 0 Å². The molecule has 0 spiro atoms. The third-order valence-electron chi connectivity index (χ3n) is 3.59. The van der Waals surface area contributed by atoms with Crippen LogP contribution < -0.4 is 15.4 Å². The van der Waals surface area contributed by atoms with Gasteiger partial charge < -0.3 is 20.1 Å². The summed E-state index contributed by atoms with van der Waals surface area (Å²) in [5.41, 5.74) is -0.201. The Kier molecular flexibility index (Phi) is 6.92. The molecule has 1 amide bonds. The fraction of sp³-hybridized carbons (Fsp3) is 0.278. The number of carbonyl (C=O) groups excluding carboxylic acids is 1. The zero-order valence-electron chi connectivity index (χ0n) is 14.6. The molecule has 0 heterocycles. The highest BCUT2D eigenvalue weighted by Crippen LogP contribution is 2.37. The van der Waals surface area contributed by atoms with Crippen molar-refractivity contribution in [2.75, 3.05) is 31.5 Å². The van der Waals surface area contributed by atoms with Gasteiger partial charge in [-0.1, -0.05) is 11.6 Å². The van der Waals surface area contributed by atoms with Gasteiger partial charge in [0.25, 0.3) is 0 Å². The lowest BCUT2D eigenvalue weighted by Gasteiger charge is -2.17. The van der Waals surface area contributed by atoms with Crippen LogP contribution in [0.25, 0.3) is 0 Å². The third kappa shape index (κ3) is 5.77. The first kappa shape index (κ1) is 20.9. The number of methoxy groups -OCH3 is 2. The first-order valence-corrected chi connectivity index (χ1v) is 8.23. The molecule has 5 nitrogen and oxygen atoms in total. The summed E-state index contributed by atoms with van der Waals surface area (Å²) in [5.74, 6) is -0.0340. The Morgan fingerprint density at radius 3 is 2.44 bits per heavy atom. The van der Waals surface area contributed by atoms with E-state index in [9.17, 15) is 18.0 Å². The van der Waals surface area contributed by atoms with Crippen LogP contribution in [0.1, 0.15) is 12.0 Å². The minimum absolute atomic E-state index is 0.00662. The topological polar surface area (TPSA) is 59.6 Å². The van der Waals surface area contributed by atoms with Crippen LogP contribution in [0.3, 0.4) is 0 Å². The number of rotatable bonds is 7. The molecule has 0 atom stereocenters. The van der Waals surface area contributed by atoms with E-state index >= 15 is 0 Å². The molecule has 0 unspecified atom stereocenters. The summed E-state index contributed by atoms with van der Waals surface area (Å²) in [7, 11) is 2.88. The van der Waals surface area contributed by atoms with E-state index in [1.54, 1.807) is 18.2 Å². The maximum Gasteiger partial charge on any atom is 0.416 e. The highest BCUT2D eigenvalue weighted by Gasteiger charge is 2.31. The quantitative estimate of drug-likeness (QED) is 0.677. The first-order chi connectivity index (χ1) is 12.7. The third-order valence-corrected chi connectivity index (χ3v) is 3.82. The average Bonchev–Trinajstić information content (AvgIpc) is 2.60. The molecule has 2 N–H and O–H groups in total. The van der Waals surface area contributed by atoms with Gasteiger partial charge in [-0.25, -0.2) is 0 Å². The summed E-state index contributed by atoms with van der Waals surface area (Å²) in [6.45, 7) is 0.148. The van der Waals surface area contributed by atoms with Crippen LogP contribution in [0.5, 0.6) is 5.75 Å². The maximum absolute atomic E-state index is 13.0. The fourth-order valence-corrected chi connectivity index (χ4v) is 2.44. The Labute approximate surface area is 159 Å². The van der Waals surface area contributed by atoms with Gasteiger partial charge in [0.2, 0.25) is 5.91 Å². The van der Waals surface area contributed by atoms with E-state index in [0.29, 0.717) is 16.5 Å². The normalized spacial score (nSPS) is 11.2. The lowest BCUT2D eigenvalue weighted by Crippen LogP contribution is -2.16. The molecule has 0 aliphatic heterocycles. The Morgan fingerprint density at radius 1 is 1.07 bits per heavy atom. The Balaban J connectivity index is 2.39. The summed E-state index contributed by atoms with van der Waals surface area (Å²) in [4.78, 5) is 12.0. The summed E-state index contributed by atoms with van der Waals surface area (Å²) < 4.78 is 49.2. The molecule has 0 bridgehead atoms. The predicted octanol–water partition coefficient (Wildman–Crippen LogP) is 5.09. The average molecular weight is 403 g/mol. The molecule has 0 saturated heterocycles. The van der Waals surface area contributed by atoms with Gasteiger partial charge in [0.1, 0.15) is 5.75 Å². The molecular formula is C18H18ClF3N2O3. The van der Waals surface area contributed by atoms with Crippen molar-refractivity contribution in [1.29, 1.82) is 0 Å². The molecular weight excluding hydrogens is 385 g/mol. The second kappa shape index (κ2) is 8.96. The summed E-state index contributed by atoms with van der Waals surface area (Å²) in [6, 6.07) is 7.81. The standard InChI is InChI=1S/C18H18ClF3N2O3/c1-26-8-7-17(25)24-14-9-11(18(20,21)22)3-5-13(14)23-15-10-12(19)4-6-16(15)27-2/h3-6,9-10,23H,7-8H2,1-2H3,(H,24,25). The van der Waals surface area contributed by atoms with E-state index < -0.39 is 17.6 Å². The number of benzene rings is 2. The van der Waals surface area contributed by atoms with E-state index in [4.69, 9.17) is 21.1 Å². The van der Waals surface area contributed by atoms with Crippen LogP contribution in [0.2, 0.25) is 5.02 Å². The van der Waals surface area contributed by atoms with Crippen LogP contribution in [-0.4, -0.2) is 26.7 Å². The number of anilines is 3. The van der Waals surface area contributed by atoms with E-state index in [0.717, 1.165) is 12.1 Å². The molecule has 0 aliphatic carbocycles. The van der Waals surface area contributed by atoms with E-state index in [-0.39, 0.29) is 24.4 Å². The fourth-order valence-electron chi connectivity index (χ4n) is 2.26. The van der Waals surface area contributed by atoms with Gasteiger partial charge in [-0.3, -0.25) is 4.79 Å². The number of hydrogen-bond donors (Lipinski definition) is 2. The zero-order valence-corrected chi connectivity index (χ0v) is 15.4. The summed E-state index contributed by atoms with van der Waals surface area (Å²) >= 11 is 5.98. The van der Waals surface area contributed by atoms with Crippen molar-refractivity contribution in [3.05, 3.63) is 47.0 Å². The number of halogens is 4.